The maximum atomic E-state index is 5.71. The van der Waals surface area contributed by atoms with Crippen LogP contribution in [0.3, 0.4) is 0 Å². The minimum atomic E-state index is 0.606. The minimum absolute atomic E-state index is 0.606. The van der Waals surface area contributed by atoms with Crippen LogP contribution in [0.4, 0.5) is 0 Å². The number of amidine groups is 1. The smallest absolute Gasteiger partial charge is 0.0931 e. The standard InChI is InChI=1S/C7H9ClN2S/c1-5(9)10-4-6-2-3-7(8)11-6/h2-3H,4H2,1H3,(H2,9,10). The van der Waals surface area contributed by atoms with E-state index in [1.54, 1.807) is 6.92 Å². The monoisotopic (exact) mass is 188 g/mol. The third-order valence-electron chi connectivity index (χ3n) is 1.11. The van der Waals surface area contributed by atoms with Gasteiger partial charge in [-0.2, -0.15) is 0 Å². The molecule has 1 aromatic heterocycles. The molecule has 1 heterocycles. The molecule has 0 spiro atoms. The van der Waals surface area contributed by atoms with Crippen molar-refractivity contribution in [3.05, 3.63) is 21.3 Å². The molecule has 2 N–H and O–H groups in total. The Morgan fingerprint density at radius 2 is 2.45 bits per heavy atom. The highest BCUT2D eigenvalue weighted by Gasteiger charge is 1.94. The molecule has 60 valence electrons. The molecule has 0 aromatic carbocycles. The number of rotatable bonds is 2. The summed E-state index contributed by atoms with van der Waals surface area (Å²) in [6, 6.07) is 3.82. The lowest BCUT2D eigenvalue weighted by atomic mass is 10.5. The average Bonchev–Trinajstić information content (AvgIpc) is 2.31. The molecule has 0 fully saturated rings. The third-order valence-corrected chi connectivity index (χ3v) is 2.33. The molecular weight excluding hydrogens is 180 g/mol. The SMILES string of the molecule is CC(N)=NCc1ccc(Cl)s1. The Labute approximate surface area is 74.7 Å². The van der Waals surface area contributed by atoms with Gasteiger partial charge in [-0.25, -0.2) is 0 Å². The van der Waals surface area contributed by atoms with Crippen LogP contribution >= 0.6 is 22.9 Å². The van der Waals surface area contributed by atoms with Gasteiger partial charge in [-0.05, 0) is 19.1 Å². The largest absolute Gasteiger partial charge is 0.388 e. The molecular formula is C7H9ClN2S. The van der Waals surface area contributed by atoms with Crippen LogP contribution in [0.1, 0.15) is 11.8 Å². The molecule has 0 radical (unpaired) electrons. The van der Waals surface area contributed by atoms with Gasteiger partial charge in [-0.15, -0.1) is 11.3 Å². The number of thiophene rings is 1. The summed E-state index contributed by atoms with van der Waals surface area (Å²) >= 11 is 7.25. The summed E-state index contributed by atoms with van der Waals surface area (Å²) in [4.78, 5) is 5.19. The normalized spacial score (nSPS) is 12.0. The Kier molecular flexibility index (Phi) is 2.91. The maximum absolute atomic E-state index is 5.71. The van der Waals surface area contributed by atoms with Gasteiger partial charge in [0, 0.05) is 4.88 Å². The summed E-state index contributed by atoms with van der Waals surface area (Å²) in [6.07, 6.45) is 0. The summed E-state index contributed by atoms with van der Waals surface area (Å²) in [6.45, 7) is 2.41. The van der Waals surface area contributed by atoms with E-state index in [4.69, 9.17) is 17.3 Å². The molecule has 1 aromatic rings. The van der Waals surface area contributed by atoms with Gasteiger partial charge in [0.15, 0.2) is 0 Å². The van der Waals surface area contributed by atoms with E-state index in [0.717, 1.165) is 9.21 Å². The fourth-order valence-electron chi connectivity index (χ4n) is 0.639. The van der Waals surface area contributed by atoms with Crippen molar-refractivity contribution in [3.8, 4) is 0 Å². The first kappa shape index (κ1) is 8.56. The van der Waals surface area contributed by atoms with Crippen molar-refractivity contribution in [1.29, 1.82) is 0 Å². The molecule has 0 unspecified atom stereocenters. The number of aliphatic imine (C=N–C) groups is 1. The van der Waals surface area contributed by atoms with Gasteiger partial charge in [0.1, 0.15) is 0 Å². The number of halogens is 1. The van der Waals surface area contributed by atoms with Gasteiger partial charge in [-0.3, -0.25) is 4.99 Å². The average molecular weight is 189 g/mol. The van der Waals surface area contributed by atoms with Crippen molar-refractivity contribution in [1.82, 2.24) is 0 Å². The van der Waals surface area contributed by atoms with Crippen LogP contribution in [0.15, 0.2) is 17.1 Å². The Bertz CT molecular complexity index is 263. The first-order chi connectivity index (χ1) is 5.18. The molecule has 4 heteroatoms. The molecule has 1 rings (SSSR count). The van der Waals surface area contributed by atoms with Crippen LogP contribution in [0.5, 0.6) is 0 Å². The van der Waals surface area contributed by atoms with Gasteiger partial charge in [0.25, 0.3) is 0 Å². The fraction of sp³-hybridized carbons (Fsp3) is 0.286. The quantitative estimate of drug-likeness (QED) is 0.561. The minimum Gasteiger partial charge on any atom is -0.388 e. The molecule has 0 saturated carbocycles. The van der Waals surface area contributed by atoms with Gasteiger partial charge in [-0.1, -0.05) is 11.6 Å². The summed E-state index contributed by atoms with van der Waals surface area (Å²) < 4.78 is 0.796. The van der Waals surface area contributed by atoms with Crippen LogP contribution < -0.4 is 5.73 Å². The van der Waals surface area contributed by atoms with Gasteiger partial charge in [0.05, 0.1) is 16.7 Å². The van der Waals surface area contributed by atoms with Gasteiger partial charge < -0.3 is 5.73 Å². The molecule has 11 heavy (non-hydrogen) atoms. The van der Waals surface area contributed by atoms with E-state index in [0.29, 0.717) is 12.4 Å². The topological polar surface area (TPSA) is 38.4 Å². The van der Waals surface area contributed by atoms with Crippen LogP contribution in [0.25, 0.3) is 0 Å². The van der Waals surface area contributed by atoms with Crippen molar-refractivity contribution in [2.24, 2.45) is 10.7 Å². The summed E-state index contributed by atoms with van der Waals surface area (Å²) in [7, 11) is 0. The van der Waals surface area contributed by atoms with E-state index in [2.05, 4.69) is 4.99 Å². The molecule has 2 nitrogen and oxygen atoms in total. The Morgan fingerprint density at radius 1 is 1.73 bits per heavy atom. The number of hydrogen-bond acceptors (Lipinski definition) is 2. The van der Waals surface area contributed by atoms with E-state index in [9.17, 15) is 0 Å². The number of nitrogens with two attached hydrogens (primary N) is 1. The van der Waals surface area contributed by atoms with Gasteiger partial charge in [0.2, 0.25) is 0 Å². The highest BCUT2D eigenvalue weighted by atomic mass is 35.5. The third kappa shape index (κ3) is 2.91. The van der Waals surface area contributed by atoms with E-state index in [1.165, 1.54) is 11.3 Å². The highest BCUT2D eigenvalue weighted by Crippen LogP contribution is 2.21. The Balaban J connectivity index is 2.58. The highest BCUT2D eigenvalue weighted by molar-refractivity contribution is 7.16. The van der Waals surface area contributed by atoms with Gasteiger partial charge >= 0.3 is 0 Å². The molecule has 0 aliphatic heterocycles. The predicted octanol–water partition coefficient (Wildman–Crippen LogP) is 2.28. The van der Waals surface area contributed by atoms with Crippen molar-refractivity contribution in [3.63, 3.8) is 0 Å². The van der Waals surface area contributed by atoms with E-state index in [1.807, 2.05) is 12.1 Å². The molecule has 0 aliphatic carbocycles. The zero-order valence-corrected chi connectivity index (χ0v) is 7.75. The summed E-state index contributed by atoms with van der Waals surface area (Å²) in [5.74, 6) is 0.606. The predicted molar refractivity (Wildman–Crippen MR) is 50.3 cm³/mol. The lowest BCUT2D eigenvalue weighted by Crippen LogP contribution is -2.04. The lowest BCUT2D eigenvalue weighted by Gasteiger charge is -1.89. The Hall–Kier alpha value is -0.540. The fourth-order valence-corrected chi connectivity index (χ4v) is 1.65. The van der Waals surface area contributed by atoms with Crippen LogP contribution in [-0.2, 0) is 6.54 Å². The van der Waals surface area contributed by atoms with Crippen molar-refractivity contribution in [2.45, 2.75) is 13.5 Å². The van der Waals surface area contributed by atoms with E-state index in [-0.39, 0.29) is 0 Å². The van der Waals surface area contributed by atoms with Crippen LogP contribution in [0, 0.1) is 0 Å². The molecule has 0 saturated heterocycles. The van der Waals surface area contributed by atoms with E-state index < -0.39 is 0 Å². The van der Waals surface area contributed by atoms with Crippen molar-refractivity contribution >= 4 is 28.8 Å². The zero-order valence-electron chi connectivity index (χ0n) is 6.17. The summed E-state index contributed by atoms with van der Waals surface area (Å²) in [5.41, 5.74) is 5.37. The first-order valence-electron chi connectivity index (χ1n) is 3.19. The summed E-state index contributed by atoms with van der Waals surface area (Å²) in [5, 5.41) is 0. The Morgan fingerprint density at radius 3 is 2.91 bits per heavy atom. The second-order valence-corrected chi connectivity index (χ2v) is 3.96. The van der Waals surface area contributed by atoms with Crippen molar-refractivity contribution < 1.29 is 0 Å². The van der Waals surface area contributed by atoms with Crippen LogP contribution in [0.2, 0.25) is 4.34 Å². The van der Waals surface area contributed by atoms with E-state index >= 15 is 0 Å². The van der Waals surface area contributed by atoms with Crippen molar-refractivity contribution in [2.75, 3.05) is 0 Å². The molecule has 0 atom stereocenters. The number of hydrogen-bond donors (Lipinski definition) is 1. The second kappa shape index (κ2) is 3.74. The molecule has 0 aliphatic rings. The maximum Gasteiger partial charge on any atom is 0.0931 e. The lowest BCUT2D eigenvalue weighted by molar-refractivity contribution is 1.09. The number of nitrogens with zero attached hydrogens (tertiary/aromatic N) is 1. The first-order valence-corrected chi connectivity index (χ1v) is 4.38. The second-order valence-electron chi connectivity index (χ2n) is 2.16. The van der Waals surface area contributed by atoms with Crippen LogP contribution in [-0.4, -0.2) is 5.84 Å². The zero-order chi connectivity index (χ0) is 8.27. The molecule has 0 bridgehead atoms. The molecule has 0 amide bonds.